The molecule has 0 aliphatic carbocycles. The number of aromatic nitrogens is 2. The van der Waals surface area contributed by atoms with E-state index in [1.54, 1.807) is 16.2 Å². The Bertz CT molecular complexity index is 904. The Labute approximate surface area is 138 Å². The highest BCUT2D eigenvalue weighted by atomic mass is 16.2. The molecule has 3 heterocycles. The molecule has 4 rings (SSSR count). The van der Waals surface area contributed by atoms with Crippen LogP contribution in [0.4, 0.5) is 0 Å². The summed E-state index contributed by atoms with van der Waals surface area (Å²) in [6.07, 6.45) is 0.617. The number of rotatable bonds is 2. The smallest absolute Gasteiger partial charge is 0.305 e. The molecule has 2 fully saturated rings. The molecule has 0 radical (unpaired) electrons. The van der Waals surface area contributed by atoms with Gasteiger partial charge in [0, 0.05) is 32.5 Å². The summed E-state index contributed by atoms with van der Waals surface area (Å²) in [5, 5.41) is 2.34. The number of amides is 2. The first kappa shape index (κ1) is 15.1. The minimum absolute atomic E-state index is 0.209. The molecule has 2 amide bonds. The first-order chi connectivity index (χ1) is 11.5. The van der Waals surface area contributed by atoms with Crippen molar-refractivity contribution in [2.75, 3.05) is 20.1 Å². The zero-order chi connectivity index (χ0) is 17.0. The molecule has 0 saturated carbocycles. The first-order valence-corrected chi connectivity index (χ1v) is 8.19. The molecular formula is C17H20N4O3. The number of likely N-dealkylation sites (tertiary alicyclic amines) is 1. The number of likely N-dealkylation sites (N-methyl/N-ethyl adjacent to an activating group) is 1. The molecule has 1 aromatic carbocycles. The number of nitrogens with zero attached hydrogens (tertiary/aromatic N) is 3. The molecule has 2 aromatic rings. The summed E-state index contributed by atoms with van der Waals surface area (Å²) >= 11 is 0. The predicted molar refractivity (Wildman–Crippen MR) is 88.8 cm³/mol. The zero-order valence-corrected chi connectivity index (χ0v) is 13.8. The van der Waals surface area contributed by atoms with Gasteiger partial charge < -0.3 is 4.90 Å². The van der Waals surface area contributed by atoms with Crippen LogP contribution in [0.2, 0.25) is 0 Å². The average Bonchev–Trinajstić information content (AvgIpc) is 2.77. The zero-order valence-electron chi connectivity index (χ0n) is 13.8. The molecule has 7 nitrogen and oxygen atoms in total. The van der Waals surface area contributed by atoms with Gasteiger partial charge in [-0.1, -0.05) is 12.1 Å². The number of imidazole rings is 1. The van der Waals surface area contributed by atoms with Gasteiger partial charge in [0.2, 0.25) is 11.8 Å². The van der Waals surface area contributed by atoms with E-state index in [-0.39, 0.29) is 18.0 Å². The quantitative estimate of drug-likeness (QED) is 0.807. The van der Waals surface area contributed by atoms with Crippen molar-refractivity contribution >= 4 is 22.8 Å². The third-order valence-corrected chi connectivity index (χ3v) is 5.16. The number of fused-ring (bicyclic) bond motifs is 1. The number of nitrogens with one attached hydrogen (secondary N) is 1. The van der Waals surface area contributed by atoms with Gasteiger partial charge in [-0.15, -0.1) is 0 Å². The summed E-state index contributed by atoms with van der Waals surface area (Å²) in [4.78, 5) is 38.7. The summed E-state index contributed by atoms with van der Waals surface area (Å²) in [6, 6.07) is 5.26. The van der Waals surface area contributed by atoms with Crippen molar-refractivity contribution in [2.45, 2.75) is 24.8 Å². The van der Waals surface area contributed by atoms with Gasteiger partial charge >= 0.3 is 5.69 Å². The van der Waals surface area contributed by atoms with Crippen LogP contribution >= 0.6 is 0 Å². The van der Waals surface area contributed by atoms with Gasteiger partial charge in [-0.3, -0.25) is 24.0 Å². The lowest BCUT2D eigenvalue weighted by molar-refractivity contribution is -0.135. The number of hydrogen-bond acceptors (Lipinski definition) is 4. The Hall–Kier alpha value is -2.41. The molecule has 1 unspecified atom stereocenters. The summed E-state index contributed by atoms with van der Waals surface area (Å²) in [5.41, 5.74) is 2.60. The van der Waals surface area contributed by atoms with Crippen LogP contribution in [-0.4, -0.2) is 46.0 Å². The predicted octanol–water partition coefficient (Wildman–Crippen LogP) is 0.347. The van der Waals surface area contributed by atoms with Gasteiger partial charge in [0.1, 0.15) is 6.04 Å². The van der Waals surface area contributed by atoms with Crippen LogP contribution in [-0.2, 0) is 16.6 Å². The van der Waals surface area contributed by atoms with E-state index in [9.17, 15) is 14.4 Å². The van der Waals surface area contributed by atoms with Gasteiger partial charge in [0.05, 0.1) is 11.0 Å². The Morgan fingerprint density at radius 3 is 2.54 bits per heavy atom. The molecule has 24 heavy (non-hydrogen) atoms. The van der Waals surface area contributed by atoms with Crippen molar-refractivity contribution in [3.05, 3.63) is 34.2 Å². The van der Waals surface area contributed by atoms with Gasteiger partial charge in [-0.05, 0) is 25.1 Å². The molecule has 1 N–H and O–H groups in total. The van der Waals surface area contributed by atoms with Crippen molar-refractivity contribution in [3.63, 3.8) is 0 Å². The fourth-order valence-electron chi connectivity index (χ4n) is 3.92. The fourth-order valence-corrected chi connectivity index (χ4v) is 3.92. The highest BCUT2D eigenvalue weighted by Gasteiger charge is 2.33. The maximum atomic E-state index is 12.8. The van der Waals surface area contributed by atoms with Crippen LogP contribution < -0.4 is 11.0 Å². The molecule has 1 aromatic heterocycles. The average molecular weight is 328 g/mol. The van der Waals surface area contributed by atoms with Gasteiger partial charge in [-0.25, -0.2) is 4.79 Å². The molecule has 2 saturated heterocycles. The fraction of sp³-hybridized carbons (Fsp3) is 0.471. The second kappa shape index (κ2) is 5.31. The van der Waals surface area contributed by atoms with Crippen molar-refractivity contribution in [1.82, 2.24) is 19.4 Å². The minimum atomic E-state index is -0.627. The number of hydrogen-bond donors (Lipinski definition) is 1. The Morgan fingerprint density at radius 2 is 1.88 bits per heavy atom. The van der Waals surface area contributed by atoms with Crippen molar-refractivity contribution in [1.29, 1.82) is 0 Å². The number of carbonyl (C=O) groups excluding carboxylic acids is 2. The number of carbonyl (C=O) groups is 2. The first-order valence-electron chi connectivity index (χ1n) is 8.19. The molecule has 0 bridgehead atoms. The van der Waals surface area contributed by atoms with Gasteiger partial charge in [0.25, 0.3) is 0 Å². The molecule has 0 spiro atoms. The topological polar surface area (TPSA) is 76.3 Å². The number of imide groups is 1. The van der Waals surface area contributed by atoms with Crippen molar-refractivity contribution in [3.8, 4) is 0 Å². The molecule has 7 heteroatoms. The normalized spacial score (nSPS) is 22.7. The largest absolute Gasteiger partial charge is 0.329 e. The third-order valence-electron chi connectivity index (χ3n) is 5.16. The van der Waals surface area contributed by atoms with E-state index in [0.717, 1.165) is 29.7 Å². The SMILES string of the molecule is CN1CC(c2cccc3c2n(C)c(=O)n3C2CCC(=O)NC2=O)C1. The summed E-state index contributed by atoms with van der Waals surface area (Å²) in [6.45, 7) is 1.94. The third kappa shape index (κ3) is 2.11. The molecular weight excluding hydrogens is 308 g/mol. The number of para-hydroxylation sites is 1. The van der Waals surface area contributed by atoms with Crippen LogP contribution in [0.1, 0.15) is 30.4 Å². The Morgan fingerprint density at radius 1 is 1.12 bits per heavy atom. The second-order valence-electron chi connectivity index (χ2n) is 6.81. The lowest BCUT2D eigenvalue weighted by Crippen LogP contribution is -2.44. The van der Waals surface area contributed by atoms with E-state index >= 15 is 0 Å². The molecule has 1 atom stereocenters. The van der Waals surface area contributed by atoms with Crippen LogP contribution in [0.15, 0.2) is 23.0 Å². The van der Waals surface area contributed by atoms with Crippen LogP contribution in [0, 0.1) is 0 Å². The number of aryl methyl sites for hydroxylation is 1. The molecule has 2 aliphatic rings. The van der Waals surface area contributed by atoms with E-state index in [2.05, 4.69) is 23.3 Å². The molecule has 2 aliphatic heterocycles. The van der Waals surface area contributed by atoms with Gasteiger partial charge in [0.15, 0.2) is 0 Å². The molecule has 126 valence electrons. The highest BCUT2D eigenvalue weighted by Crippen LogP contribution is 2.32. The van der Waals surface area contributed by atoms with E-state index in [1.165, 1.54) is 0 Å². The Balaban J connectivity index is 1.87. The lowest BCUT2D eigenvalue weighted by Gasteiger charge is -2.36. The van der Waals surface area contributed by atoms with Crippen molar-refractivity contribution in [2.24, 2.45) is 7.05 Å². The lowest BCUT2D eigenvalue weighted by atomic mass is 9.91. The minimum Gasteiger partial charge on any atom is -0.305 e. The summed E-state index contributed by atoms with van der Waals surface area (Å²) in [5.74, 6) is -0.265. The van der Waals surface area contributed by atoms with E-state index < -0.39 is 11.9 Å². The summed E-state index contributed by atoms with van der Waals surface area (Å²) in [7, 11) is 3.82. The highest BCUT2D eigenvalue weighted by molar-refractivity contribution is 6.00. The Kier molecular flexibility index (Phi) is 3.35. The maximum absolute atomic E-state index is 12.8. The number of benzene rings is 1. The van der Waals surface area contributed by atoms with E-state index in [1.807, 2.05) is 12.1 Å². The van der Waals surface area contributed by atoms with Crippen LogP contribution in [0.25, 0.3) is 11.0 Å². The van der Waals surface area contributed by atoms with Gasteiger partial charge in [-0.2, -0.15) is 0 Å². The van der Waals surface area contributed by atoms with E-state index in [4.69, 9.17) is 0 Å². The van der Waals surface area contributed by atoms with Crippen molar-refractivity contribution < 1.29 is 9.59 Å². The standard InChI is InChI=1S/C17H20N4O3/c1-19-8-10(9-19)11-4-3-5-12-15(11)20(2)17(24)21(12)13-6-7-14(22)18-16(13)23/h3-5,10,13H,6-9H2,1-2H3,(H,18,22,23). The number of piperidine rings is 1. The van der Waals surface area contributed by atoms with Crippen LogP contribution in [0.3, 0.4) is 0 Å². The van der Waals surface area contributed by atoms with E-state index in [0.29, 0.717) is 12.3 Å². The summed E-state index contributed by atoms with van der Waals surface area (Å²) < 4.78 is 3.18. The van der Waals surface area contributed by atoms with Crippen LogP contribution in [0.5, 0.6) is 0 Å². The monoisotopic (exact) mass is 328 g/mol. The maximum Gasteiger partial charge on any atom is 0.329 e. The second-order valence-corrected chi connectivity index (χ2v) is 6.81.